The fourth-order valence-corrected chi connectivity index (χ4v) is 6.65. The first-order valence-electron chi connectivity index (χ1n) is 18.5. The highest BCUT2D eigenvalue weighted by atomic mass is 16.3. The molecule has 0 bridgehead atoms. The van der Waals surface area contributed by atoms with Crippen molar-refractivity contribution in [3.8, 4) is 17.2 Å². The third kappa shape index (κ3) is 12.3. The zero-order valence-electron chi connectivity index (χ0n) is 32.3. The Labute approximate surface area is 330 Å². The largest absolute Gasteiger partial charge is 0.507 e. The molecule has 3 aromatic carbocycles. The first-order chi connectivity index (χ1) is 27.0. The molecule has 57 heavy (non-hydrogen) atoms. The summed E-state index contributed by atoms with van der Waals surface area (Å²) in [4.78, 5) is 44.8. The highest BCUT2D eigenvalue weighted by Gasteiger charge is 2.25. The second kappa shape index (κ2) is 20.5. The summed E-state index contributed by atoms with van der Waals surface area (Å²) in [6.45, 7) is 6.38. The van der Waals surface area contributed by atoms with E-state index in [-0.39, 0.29) is 53.6 Å². The monoisotopic (exact) mass is 798 g/mol. The van der Waals surface area contributed by atoms with Gasteiger partial charge in [-0.3, -0.25) is 29.1 Å². The Balaban J connectivity index is 1.67. The van der Waals surface area contributed by atoms with Gasteiger partial charge in [0.15, 0.2) is 0 Å². The number of hydrogen-bond acceptors (Lipinski definition) is 15. The molecule has 312 valence electrons. The van der Waals surface area contributed by atoms with Gasteiger partial charge in [0.2, 0.25) is 0 Å². The van der Waals surface area contributed by atoms with E-state index in [1.165, 1.54) is 18.2 Å². The smallest absolute Gasteiger partial charge is 0.257 e. The molecule has 4 rings (SSSR count). The summed E-state index contributed by atoms with van der Waals surface area (Å²) in [6, 6.07) is 9.65. The zero-order valence-corrected chi connectivity index (χ0v) is 32.3. The molecule has 1 aliphatic rings. The van der Waals surface area contributed by atoms with Crippen LogP contribution in [-0.2, 0) is 19.6 Å². The van der Waals surface area contributed by atoms with Gasteiger partial charge in [-0.1, -0.05) is 18.2 Å². The maximum Gasteiger partial charge on any atom is 0.257 e. The number of aryl methyl sites for hydroxylation is 3. The summed E-state index contributed by atoms with van der Waals surface area (Å²) < 4.78 is 0. The topological polar surface area (TPSA) is 279 Å². The van der Waals surface area contributed by atoms with Crippen LogP contribution in [0.2, 0.25) is 0 Å². The van der Waals surface area contributed by atoms with Crippen LogP contribution in [0.25, 0.3) is 0 Å². The van der Waals surface area contributed by atoms with Crippen LogP contribution in [0.3, 0.4) is 0 Å². The Morgan fingerprint density at radius 3 is 0.930 bits per heavy atom. The van der Waals surface area contributed by atoms with E-state index in [9.17, 15) is 60.3 Å². The minimum absolute atomic E-state index is 0.0763. The standard InChI is InChI=1S/C39H54N6O12/c1-22-10-25(34(52)28(13-22)37(55)40-31(49)19-46)16-43-4-6-44(17-26-11-23(2)14-29(35(26)53)38(56)41-32(50)20-47)8-9-45(7-5-43)18-27-12-24(3)15-30(36(27)54)39(57)42-33(51)21-48/h10-15,31-33,46-54H,4-9,16-21H2,1-3H3,(H,40,55)(H,41,56)(H,42,57). The van der Waals surface area contributed by atoms with E-state index in [0.717, 1.165) is 0 Å². The number of hydrogen-bond donors (Lipinski definition) is 12. The van der Waals surface area contributed by atoms with Crippen LogP contribution in [0.4, 0.5) is 0 Å². The molecule has 1 aliphatic heterocycles. The van der Waals surface area contributed by atoms with Crippen molar-refractivity contribution in [2.75, 3.05) is 59.1 Å². The molecule has 18 nitrogen and oxygen atoms in total. The number of aliphatic hydroxyl groups excluding tert-OH is 6. The predicted octanol–water partition coefficient (Wildman–Crippen LogP) is -1.33. The average molecular weight is 799 g/mol. The molecule has 3 amide bonds. The molecule has 0 spiro atoms. The minimum Gasteiger partial charge on any atom is -0.507 e. The van der Waals surface area contributed by atoms with Gasteiger partial charge in [-0.2, -0.15) is 0 Å². The van der Waals surface area contributed by atoms with Gasteiger partial charge < -0.3 is 61.9 Å². The van der Waals surface area contributed by atoms with Gasteiger partial charge >= 0.3 is 0 Å². The molecule has 0 aliphatic carbocycles. The number of rotatable bonds is 15. The predicted molar refractivity (Wildman–Crippen MR) is 206 cm³/mol. The quantitative estimate of drug-likeness (QED) is 0.0794. The van der Waals surface area contributed by atoms with E-state index in [1.807, 2.05) is 0 Å². The second-order valence-corrected chi connectivity index (χ2v) is 14.3. The van der Waals surface area contributed by atoms with Gasteiger partial charge in [0, 0.05) is 75.6 Å². The molecule has 12 N–H and O–H groups in total. The molecule has 3 unspecified atom stereocenters. The van der Waals surface area contributed by atoms with E-state index in [2.05, 4.69) is 30.7 Å². The Bertz CT molecular complexity index is 1670. The number of benzene rings is 3. The number of nitrogens with zero attached hydrogens (tertiary/aromatic N) is 3. The van der Waals surface area contributed by atoms with Crippen molar-refractivity contribution in [3.05, 3.63) is 86.5 Å². The first-order valence-corrected chi connectivity index (χ1v) is 18.5. The second-order valence-electron chi connectivity index (χ2n) is 14.3. The third-order valence-corrected chi connectivity index (χ3v) is 9.52. The Kier molecular flexibility index (Phi) is 16.1. The lowest BCUT2D eigenvalue weighted by Gasteiger charge is -2.27. The summed E-state index contributed by atoms with van der Waals surface area (Å²) in [5, 5.41) is 97.3. The van der Waals surface area contributed by atoms with E-state index in [1.54, 1.807) is 39.0 Å². The summed E-state index contributed by atoms with van der Waals surface area (Å²) in [6.07, 6.45) is -4.56. The molecule has 3 atom stereocenters. The summed E-state index contributed by atoms with van der Waals surface area (Å²) in [7, 11) is 0. The summed E-state index contributed by atoms with van der Waals surface area (Å²) in [5.41, 5.74) is 3.08. The van der Waals surface area contributed by atoms with Gasteiger partial charge in [-0.05, 0) is 55.7 Å². The van der Waals surface area contributed by atoms with E-state index in [4.69, 9.17) is 0 Å². The van der Waals surface area contributed by atoms with Crippen molar-refractivity contribution in [3.63, 3.8) is 0 Å². The number of phenolic OH excluding ortho intramolecular Hbond substituents is 3. The fraction of sp³-hybridized carbons (Fsp3) is 0.462. The molecule has 0 radical (unpaired) electrons. The molecule has 1 saturated heterocycles. The van der Waals surface area contributed by atoms with Gasteiger partial charge in [0.05, 0.1) is 36.5 Å². The summed E-state index contributed by atoms with van der Waals surface area (Å²) in [5.74, 6) is -3.18. The highest BCUT2D eigenvalue weighted by Crippen LogP contribution is 2.30. The van der Waals surface area contributed by atoms with Crippen molar-refractivity contribution in [1.82, 2.24) is 30.7 Å². The molecule has 0 aromatic heterocycles. The number of amides is 3. The average Bonchev–Trinajstić information content (AvgIpc) is 3.25. The molecule has 3 aromatic rings. The number of carbonyl (C=O) groups is 3. The number of phenols is 3. The van der Waals surface area contributed by atoms with Crippen molar-refractivity contribution in [2.45, 2.75) is 59.1 Å². The maximum atomic E-state index is 12.9. The molecule has 1 fully saturated rings. The molecule has 0 saturated carbocycles. The van der Waals surface area contributed by atoms with Gasteiger partial charge in [0.1, 0.15) is 35.9 Å². The lowest BCUT2D eigenvalue weighted by Crippen LogP contribution is -2.37. The van der Waals surface area contributed by atoms with E-state index < -0.39 is 56.2 Å². The Morgan fingerprint density at radius 2 is 0.719 bits per heavy atom. The van der Waals surface area contributed by atoms with Crippen molar-refractivity contribution >= 4 is 17.7 Å². The minimum atomic E-state index is -1.52. The van der Waals surface area contributed by atoms with Gasteiger partial charge in [-0.15, -0.1) is 0 Å². The Hall–Kier alpha value is -4.89. The van der Waals surface area contributed by atoms with Crippen LogP contribution in [-0.4, -0.2) is 156 Å². The van der Waals surface area contributed by atoms with E-state index in [0.29, 0.717) is 72.6 Å². The number of carbonyl (C=O) groups excluding carboxylic acids is 3. The summed E-state index contributed by atoms with van der Waals surface area (Å²) >= 11 is 0. The van der Waals surface area contributed by atoms with Crippen LogP contribution >= 0.6 is 0 Å². The van der Waals surface area contributed by atoms with Crippen LogP contribution in [0.1, 0.15) is 64.5 Å². The van der Waals surface area contributed by atoms with Gasteiger partial charge in [0.25, 0.3) is 17.7 Å². The van der Waals surface area contributed by atoms with Crippen molar-refractivity contribution < 1.29 is 60.3 Å². The maximum absolute atomic E-state index is 12.9. The van der Waals surface area contributed by atoms with Crippen LogP contribution in [0.5, 0.6) is 17.2 Å². The molecular weight excluding hydrogens is 744 g/mol. The van der Waals surface area contributed by atoms with Crippen LogP contribution in [0.15, 0.2) is 36.4 Å². The van der Waals surface area contributed by atoms with Gasteiger partial charge in [-0.25, -0.2) is 0 Å². The molecule has 18 heteroatoms. The number of nitrogens with one attached hydrogen (secondary N) is 3. The molecular formula is C39H54N6O12. The lowest BCUT2D eigenvalue weighted by molar-refractivity contribution is 0.0540. The SMILES string of the molecule is Cc1cc(CN2CCN(Cc3cc(C)cc(C(=O)NC(O)CO)c3O)CCN(Cc3cc(C)cc(C(=O)NC(O)CO)c3O)CC2)c(O)c(C(=O)NC(O)CO)c1. The van der Waals surface area contributed by atoms with E-state index >= 15 is 0 Å². The van der Waals surface area contributed by atoms with Crippen LogP contribution < -0.4 is 16.0 Å². The first kappa shape index (κ1) is 44.8. The number of aromatic hydroxyl groups is 3. The van der Waals surface area contributed by atoms with Crippen molar-refractivity contribution in [2.24, 2.45) is 0 Å². The van der Waals surface area contributed by atoms with Crippen LogP contribution in [0, 0.1) is 20.8 Å². The lowest BCUT2D eigenvalue weighted by atomic mass is 10.0. The van der Waals surface area contributed by atoms with Crippen molar-refractivity contribution in [1.29, 1.82) is 0 Å². The number of aliphatic hydroxyl groups is 6. The fourth-order valence-electron chi connectivity index (χ4n) is 6.65. The normalized spacial score (nSPS) is 16.2. The third-order valence-electron chi connectivity index (χ3n) is 9.52. The highest BCUT2D eigenvalue weighted by molar-refractivity contribution is 5.98. The Morgan fingerprint density at radius 1 is 0.491 bits per heavy atom. The molecule has 1 heterocycles. The zero-order chi connectivity index (χ0) is 42.0.